The molecule has 1 aromatic carbocycles. The second-order valence-electron chi connectivity index (χ2n) is 4.86. The number of carbonyl (C=O) groups excluding carboxylic acids is 2. The fourth-order valence-electron chi connectivity index (χ4n) is 2.27. The molecule has 0 bridgehead atoms. The topological polar surface area (TPSA) is 76.4 Å². The summed E-state index contributed by atoms with van der Waals surface area (Å²) in [7, 11) is 0. The van der Waals surface area contributed by atoms with Gasteiger partial charge in [0.1, 0.15) is 6.07 Å². The first-order valence-corrected chi connectivity index (χ1v) is 6.94. The van der Waals surface area contributed by atoms with Crippen molar-refractivity contribution in [3.8, 4) is 6.07 Å². The molecule has 0 saturated carbocycles. The zero-order valence-corrected chi connectivity index (χ0v) is 11.8. The Hall–Kier alpha value is -2.55. The molecule has 6 nitrogen and oxygen atoms in total. The highest BCUT2D eigenvalue weighted by atomic mass is 16.2. The van der Waals surface area contributed by atoms with Gasteiger partial charge in [0.2, 0.25) is 12.3 Å². The predicted octanol–water partition coefficient (Wildman–Crippen LogP) is 0.661. The molecule has 110 valence electrons. The van der Waals surface area contributed by atoms with Crippen molar-refractivity contribution < 1.29 is 9.59 Å². The number of nitriles is 1. The summed E-state index contributed by atoms with van der Waals surface area (Å²) in [6, 6.07) is 9.33. The first kappa shape index (κ1) is 14.9. The Bertz CT molecular complexity index is 545. The molecule has 0 aliphatic carbocycles. The highest BCUT2D eigenvalue weighted by Gasteiger charge is 2.19. The number of hydrogen-bond donors (Lipinski definition) is 1. The summed E-state index contributed by atoms with van der Waals surface area (Å²) >= 11 is 0. The minimum Gasteiger partial charge on any atom is -0.383 e. The third kappa shape index (κ3) is 3.96. The highest BCUT2D eigenvalue weighted by Crippen LogP contribution is 2.13. The van der Waals surface area contributed by atoms with Gasteiger partial charge in [0, 0.05) is 39.1 Å². The van der Waals surface area contributed by atoms with Crippen molar-refractivity contribution in [1.29, 1.82) is 5.26 Å². The standard InChI is InChI=1S/C15H18N4O2/c16-11-13-3-1-2-4-14(13)17-6-5-15(21)19-9-7-18(12-20)8-10-19/h1-4,12,17H,5-10H2. The second kappa shape index (κ2) is 7.29. The van der Waals surface area contributed by atoms with Crippen molar-refractivity contribution in [3.05, 3.63) is 29.8 Å². The molecule has 6 heteroatoms. The van der Waals surface area contributed by atoms with Crippen molar-refractivity contribution in [2.45, 2.75) is 6.42 Å². The Labute approximate surface area is 123 Å². The summed E-state index contributed by atoms with van der Waals surface area (Å²) < 4.78 is 0. The normalized spacial score (nSPS) is 14.4. The van der Waals surface area contributed by atoms with Gasteiger partial charge in [-0.15, -0.1) is 0 Å². The monoisotopic (exact) mass is 286 g/mol. The van der Waals surface area contributed by atoms with Crippen LogP contribution in [0.5, 0.6) is 0 Å². The van der Waals surface area contributed by atoms with Gasteiger partial charge in [-0.1, -0.05) is 12.1 Å². The second-order valence-corrected chi connectivity index (χ2v) is 4.86. The molecular formula is C15H18N4O2. The summed E-state index contributed by atoms with van der Waals surface area (Å²) in [6.45, 7) is 2.87. The van der Waals surface area contributed by atoms with Gasteiger partial charge >= 0.3 is 0 Å². The molecule has 0 aromatic heterocycles. The van der Waals surface area contributed by atoms with E-state index in [-0.39, 0.29) is 5.91 Å². The Morgan fingerprint density at radius 3 is 2.67 bits per heavy atom. The number of rotatable bonds is 5. The number of carbonyl (C=O) groups is 2. The Morgan fingerprint density at radius 2 is 2.00 bits per heavy atom. The minimum atomic E-state index is 0.0717. The molecular weight excluding hydrogens is 268 g/mol. The van der Waals surface area contributed by atoms with Crippen LogP contribution in [0.2, 0.25) is 0 Å². The van der Waals surface area contributed by atoms with Gasteiger partial charge in [-0.05, 0) is 12.1 Å². The van der Waals surface area contributed by atoms with Crippen LogP contribution in [-0.4, -0.2) is 54.8 Å². The van der Waals surface area contributed by atoms with Crippen molar-refractivity contribution >= 4 is 18.0 Å². The molecule has 1 aromatic rings. The molecule has 0 atom stereocenters. The molecule has 0 radical (unpaired) electrons. The van der Waals surface area contributed by atoms with E-state index in [1.54, 1.807) is 21.9 Å². The van der Waals surface area contributed by atoms with Crippen LogP contribution in [0.4, 0.5) is 5.69 Å². The van der Waals surface area contributed by atoms with E-state index >= 15 is 0 Å². The molecule has 2 rings (SSSR count). The average molecular weight is 286 g/mol. The number of para-hydroxylation sites is 1. The van der Waals surface area contributed by atoms with E-state index in [4.69, 9.17) is 5.26 Å². The zero-order valence-electron chi connectivity index (χ0n) is 11.8. The Kier molecular flexibility index (Phi) is 5.16. The lowest BCUT2D eigenvalue weighted by atomic mass is 10.2. The lowest BCUT2D eigenvalue weighted by molar-refractivity contribution is -0.134. The smallest absolute Gasteiger partial charge is 0.224 e. The quantitative estimate of drug-likeness (QED) is 0.807. The lowest BCUT2D eigenvalue weighted by Crippen LogP contribution is -2.48. The third-order valence-corrected chi connectivity index (χ3v) is 3.52. The van der Waals surface area contributed by atoms with Gasteiger partial charge in [-0.2, -0.15) is 5.26 Å². The van der Waals surface area contributed by atoms with Crippen LogP contribution in [-0.2, 0) is 9.59 Å². The summed E-state index contributed by atoms with van der Waals surface area (Å²) in [5.74, 6) is 0.0717. The summed E-state index contributed by atoms with van der Waals surface area (Å²) in [5, 5.41) is 12.1. The number of piperazine rings is 1. The van der Waals surface area contributed by atoms with Gasteiger partial charge in [0.15, 0.2) is 0 Å². The van der Waals surface area contributed by atoms with Crippen LogP contribution in [0.25, 0.3) is 0 Å². The van der Waals surface area contributed by atoms with Crippen molar-refractivity contribution in [1.82, 2.24) is 9.80 Å². The maximum absolute atomic E-state index is 12.1. The number of amides is 2. The van der Waals surface area contributed by atoms with Crippen LogP contribution in [0.3, 0.4) is 0 Å². The zero-order chi connectivity index (χ0) is 15.1. The average Bonchev–Trinajstić information content (AvgIpc) is 2.55. The molecule has 21 heavy (non-hydrogen) atoms. The van der Waals surface area contributed by atoms with Gasteiger partial charge < -0.3 is 15.1 Å². The number of anilines is 1. The molecule has 2 amide bonds. The van der Waals surface area contributed by atoms with Crippen molar-refractivity contribution in [2.75, 3.05) is 38.0 Å². The fraction of sp³-hybridized carbons (Fsp3) is 0.400. The molecule has 1 aliphatic rings. The molecule has 1 N–H and O–H groups in total. The molecule has 1 fully saturated rings. The largest absolute Gasteiger partial charge is 0.383 e. The predicted molar refractivity (Wildman–Crippen MR) is 78.5 cm³/mol. The molecule has 1 heterocycles. The van der Waals surface area contributed by atoms with E-state index in [9.17, 15) is 9.59 Å². The van der Waals surface area contributed by atoms with Crippen LogP contribution < -0.4 is 5.32 Å². The molecule has 0 spiro atoms. The SMILES string of the molecule is N#Cc1ccccc1NCCC(=O)N1CCN(C=O)CC1. The maximum atomic E-state index is 12.1. The Morgan fingerprint density at radius 1 is 1.29 bits per heavy atom. The highest BCUT2D eigenvalue weighted by molar-refractivity contribution is 5.77. The van der Waals surface area contributed by atoms with Crippen molar-refractivity contribution in [3.63, 3.8) is 0 Å². The fourth-order valence-corrected chi connectivity index (χ4v) is 2.27. The van der Waals surface area contributed by atoms with Gasteiger partial charge in [-0.25, -0.2) is 0 Å². The van der Waals surface area contributed by atoms with Crippen molar-refractivity contribution in [2.24, 2.45) is 0 Å². The van der Waals surface area contributed by atoms with E-state index < -0.39 is 0 Å². The lowest BCUT2D eigenvalue weighted by Gasteiger charge is -2.32. The Balaban J connectivity index is 1.77. The van der Waals surface area contributed by atoms with Gasteiger partial charge in [-0.3, -0.25) is 9.59 Å². The minimum absolute atomic E-state index is 0.0717. The number of benzene rings is 1. The van der Waals surface area contributed by atoms with Gasteiger partial charge in [0.25, 0.3) is 0 Å². The summed E-state index contributed by atoms with van der Waals surface area (Å²) in [6.07, 6.45) is 1.20. The number of hydrogen-bond acceptors (Lipinski definition) is 4. The van der Waals surface area contributed by atoms with E-state index in [2.05, 4.69) is 11.4 Å². The summed E-state index contributed by atoms with van der Waals surface area (Å²) in [4.78, 5) is 26.1. The van der Waals surface area contributed by atoms with E-state index in [0.717, 1.165) is 12.1 Å². The van der Waals surface area contributed by atoms with E-state index in [1.165, 1.54) is 0 Å². The van der Waals surface area contributed by atoms with Crippen LogP contribution >= 0.6 is 0 Å². The maximum Gasteiger partial charge on any atom is 0.224 e. The number of nitrogens with one attached hydrogen (secondary N) is 1. The summed E-state index contributed by atoms with van der Waals surface area (Å²) in [5.41, 5.74) is 1.32. The third-order valence-electron chi connectivity index (χ3n) is 3.52. The first-order valence-electron chi connectivity index (χ1n) is 6.94. The molecule has 1 saturated heterocycles. The number of nitrogens with zero attached hydrogens (tertiary/aromatic N) is 3. The van der Waals surface area contributed by atoms with Crippen LogP contribution in [0, 0.1) is 11.3 Å². The molecule has 1 aliphatic heterocycles. The van der Waals surface area contributed by atoms with Crippen LogP contribution in [0.1, 0.15) is 12.0 Å². The first-order chi connectivity index (χ1) is 10.2. The van der Waals surface area contributed by atoms with Gasteiger partial charge in [0.05, 0.1) is 11.3 Å². The van der Waals surface area contributed by atoms with Crippen LogP contribution in [0.15, 0.2) is 24.3 Å². The van der Waals surface area contributed by atoms with E-state index in [1.807, 2.05) is 12.1 Å². The molecule has 0 unspecified atom stereocenters. The van der Waals surface area contributed by atoms with E-state index in [0.29, 0.717) is 44.7 Å².